The molecule has 1 aliphatic rings. The molecule has 20 heavy (non-hydrogen) atoms. The van der Waals surface area contributed by atoms with Crippen molar-refractivity contribution in [2.75, 3.05) is 7.05 Å². The second-order valence-electron chi connectivity index (χ2n) is 6.17. The Kier molecular flexibility index (Phi) is 4.69. The first kappa shape index (κ1) is 14.9. The minimum atomic E-state index is 0.0439. The van der Waals surface area contributed by atoms with Crippen LogP contribution in [-0.2, 0) is 4.79 Å². The zero-order valence-electron chi connectivity index (χ0n) is 12.7. The maximum Gasteiger partial charge on any atom is 0.225 e. The maximum atomic E-state index is 12.6. The van der Waals surface area contributed by atoms with E-state index in [0.717, 1.165) is 37.2 Å². The Morgan fingerprint density at radius 2 is 1.75 bits per heavy atom. The van der Waals surface area contributed by atoms with Crippen molar-refractivity contribution in [3.05, 3.63) is 29.8 Å². The minimum absolute atomic E-state index is 0.0439. The summed E-state index contributed by atoms with van der Waals surface area (Å²) < 4.78 is 0. The summed E-state index contributed by atoms with van der Waals surface area (Å²) in [5, 5.41) is 9.33. The van der Waals surface area contributed by atoms with E-state index in [1.165, 1.54) is 0 Å². The normalized spacial score (nSPS) is 24.1. The summed E-state index contributed by atoms with van der Waals surface area (Å²) in [4.78, 5) is 14.4. The highest BCUT2D eigenvalue weighted by atomic mass is 16.3. The lowest BCUT2D eigenvalue weighted by atomic mass is 9.82. The fourth-order valence-corrected chi connectivity index (χ4v) is 2.96. The first-order valence-corrected chi connectivity index (χ1v) is 7.54. The molecule has 0 bridgehead atoms. The summed E-state index contributed by atoms with van der Waals surface area (Å²) in [5.41, 5.74) is 1.06. The number of aromatic hydroxyl groups is 1. The second kappa shape index (κ2) is 6.29. The number of hydrogen-bond donors (Lipinski definition) is 1. The van der Waals surface area contributed by atoms with Crippen molar-refractivity contribution >= 4 is 5.91 Å². The van der Waals surface area contributed by atoms with Crippen molar-refractivity contribution < 1.29 is 9.90 Å². The van der Waals surface area contributed by atoms with Gasteiger partial charge in [-0.1, -0.05) is 19.1 Å². The Hall–Kier alpha value is -1.51. The Bertz CT molecular complexity index is 447. The lowest BCUT2D eigenvalue weighted by molar-refractivity contribution is -0.137. The molecule has 1 unspecified atom stereocenters. The number of carbonyl (C=O) groups excluding carboxylic acids is 1. The molecule has 3 heteroatoms. The van der Waals surface area contributed by atoms with Crippen LogP contribution < -0.4 is 0 Å². The number of nitrogens with zero attached hydrogens (tertiary/aromatic N) is 1. The van der Waals surface area contributed by atoms with Crippen LogP contribution in [0.4, 0.5) is 0 Å². The molecular formula is C17H25NO2. The number of phenolic OH excluding ortho intramolecular Hbond substituents is 1. The standard InChI is InChI=1S/C17H25NO2/c1-12-4-6-15(7-5-12)17(20)18(3)13(2)14-8-10-16(19)11-9-14/h8-13,15,19H,4-7H2,1-3H3. The van der Waals surface area contributed by atoms with Crippen molar-refractivity contribution in [3.8, 4) is 5.75 Å². The van der Waals surface area contributed by atoms with Crippen molar-refractivity contribution in [1.29, 1.82) is 0 Å². The molecule has 2 rings (SSSR count). The van der Waals surface area contributed by atoms with E-state index in [-0.39, 0.29) is 23.6 Å². The Balaban J connectivity index is 2.00. The number of amides is 1. The van der Waals surface area contributed by atoms with Gasteiger partial charge >= 0.3 is 0 Å². The average Bonchev–Trinajstić information content (AvgIpc) is 2.46. The zero-order chi connectivity index (χ0) is 14.7. The van der Waals surface area contributed by atoms with E-state index in [1.54, 1.807) is 12.1 Å². The van der Waals surface area contributed by atoms with Gasteiger partial charge in [-0.05, 0) is 56.2 Å². The van der Waals surface area contributed by atoms with E-state index in [1.807, 2.05) is 31.0 Å². The van der Waals surface area contributed by atoms with Crippen LogP contribution in [0.15, 0.2) is 24.3 Å². The molecule has 0 spiro atoms. The van der Waals surface area contributed by atoms with Gasteiger partial charge in [0.05, 0.1) is 6.04 Å². The van der Waals surface area contributed by atoms with Gasteiger partial charge in [-0.25, -0.2) is 0 Å². The van der Waals surface area contributed by atoms with E-state index in [4.69, 9.17) is 0 Å². The third-order valence-corrected chi connectivity index (χ3v) is 4.67. The van der Waals surface area contributed by atoms with Gasteiger partial charge in [-0.15, -0.1) is 0 Å². The topological polar surface area (TPSA) is 40.5 Å². The van der Waals surface area contributed by atoms with Gasteiger partial charge in [0.1, 0.15) is 5.75 Å². The van der Waals surface area contributed by atoms with Gasteiger partial charge < -0.3 is 10.0 Å². The Labute approximate surface area is 121 Å². The summed E-state index contributed by atoms with van der Waals surface area (Å²) in [6.07, 6.45) is 4.37. The SMILES string of the molecule is CC1CCC(C(=O)N(C)C(C)c2ccc(O)cc2)CC1. The lowest BCUT2D eigenvalue weighted by Crippen LogP contribution is -2.36. The first-order chi connectivity index (χ1) is 9.49. The van der Waals surface area contributed by atoms with Crippen molar-refractivity contribution in [3.63, 3.8) is 0 Å². The van der Waals surface area contributed by atoms with Crippen LogP contribution in [-0.4, -0.2) is 23.0 Å². The highest BCUT2D eigenvalue weighted by Crippen LogP contribution is 2.31. The summed E-state index contributed by atoms with van der Waals surface area (Å²) in [6, 6.07) is 7.15. The molecule has 1 aromatic rings. The molecule has 1 saturated carbocycles. The van der Waals surface area contributed by atoms with Gasteiger partial charge in [0, 0.05) is 13.0 Å². The summed E-state index contributed by atoms with van der Waals surface area (Å²) >= 11 is 0. The molecule has 0 aliphatic heterocycles. The molecule has 1 aliphatic carbocycles. The fraction of sp³-hybridized carbons (Fsp3) is 0.588. The number of carbonyl (C=O) groups is 1. The van der Waals surface area contributed by atoms with Crippen LogP contribution in [0.5, 0.6) is 5.75 Å². The van der Waals surface area contributed by atoms with Crippen molar-refractivity contribution in [2.24, 2.45) is 11.8 Å². The van der Waals surface area contributed by atoms with E-state index >= 15 is 0 Å². The minimum Gasteiger partial charge on any atom is -0.508 e. The third kappa shape index (κ3) is 3.33. The van der Waals surface area contributed by atoms with Crippen LogP contribution in [0, 0.1) is 11.8 Å². The molecule has 1 aromatic carbocycles. The number of hydrogen-bond acceptors (Lipinski definition) is 2. The molecule has 0 heterocycles. The van der Waals surface area contributed by atoms with Crippen molar-refractivity contribution in [2.45, 2.75) is 45.6 Å². The Morgan fingerprint density at radius 1 is 1.20 bits per heavy atom. The molecule has 1 N–H and O–H groups in total. The van der Waals surface area contributed by atoms with Gasteiger partial charge in [-0.3, -0.25) is 4.79 Å². The van der Waals surface area contributed by atoms with Crippen LogP contribution >= 0.6 is 0 Å². The number of phenols is 1. The molecule has 0 saturated heterocycles. The molecule has 110 valence electrons. The predicted octanol–water partition coefficient (Wildman–Crippen LogP) is 3.74. The van der Waals surface area contributed by atoms with Gasteiger partial charge in [0.15, 0.2) is 0 Å². The number of rotatable bonds is 3. The third-order valence-electron chi connectivity index (χ3n) is 4.67. The molecule has 3 nitrogen and oxygen atoms in total. The highest BCUT2D eigenvalue weighted by Gasteiger charge is 2.28. The molecule has 0 radical (unpaired) electrons. The van der Waals surface area contributed by atoms with E-state index in [2.05, 4.69) is 6.92 Å². The van der Waals surface area contributed by atoms with Crippen molar-refractivity contribution in [1.82, 2.24) is 4.90 Å². The van der Waals surface area contributed by atoms with Crippen LogP contribution in [0.3, 0.4) is 0 Å². The van der Waals surface area contributed by atoms with E-state index in [9.17, 15) is 9.90 Å². The highest BCUT2D eigenvalue weighted by molar-refractivity contribution is 5.79. The van der Waals surface area contributed by atoms with Gasteiger partial charge in [-0.2, -0.15) is 0 Å². The monoisotopic (exact) mass is 275 g/mol. The first-order valence-electron chi connectivity index (χ1n) is 7.54. The molecule has 0 aromatic heterocycles. The van der Waals surface area contributed by atoms with E-state index < -0.39 is 0 Å². The van der Waals surface area contributed by atoms with Gasteiger partial charge in [0.25, 0.3) is 0 Å². The quantitative estimate of drug-likeness (QED) is 0.913. The van der Waals surface area contributed by atoms with Crippen LogP contribution in [0.2, 0.25) is 0 Å². The van der Waals surface area contributed by atoms with Gasteiger partial charge in [0.2, 0.25) is 5.91 Å². The largest absolute Gasteiger partial charge is 0.508 e. The summed E-state index contributed by atoms with van der Waals surface area (Å²) in [6.45, 7) is 4.30. The smallest absolute Gasteiger partial charge is 0.225 e. The molecular weight excluding hydrogens is 250 g/mol. The zero-order valence-corrected chi connectivity index (χ0v) is 12.7. The lowest BCUT2D eigenvalue weighted by Gasteiger charge is -2.32. The maximum absolute atomic E-state index is 12.6. The molecule has 1 amide bonds. The van der Waals surface area contributed by atoms with E-state index in [0.29, 0.717) is 0 Å². The average molecular weight is 275 g/mol. The van der Waals surface area contributed by atoms with Crippen LogP contribution in [0.25, 0.3) is 0 Å². The molecule has 1 atom stereocenters. The Morgan fingerprint density at radius 3 is 2.30 bits per heavy atom. The fourth-order valence-electron chi connectivity index (χ4n) is 2.96. The number of benzene rings is 1. The summed E-state index contributed by atoms with van der Waals surface area (Å²) in [5.74, 6) is 1.48. The summed E-state index contributed by atoms with van der Waals surface area (Å²) in [7, 11) is 1.89. The molecule has 1 fully saturated rings. The predicted molar refractivity (Wildman–Crippen MR) is 80.4 cm³/mol. The second-order valence-corrected chi connectivity index (χ2v) is 6.17. The van der Waals surface area contributed by atoms with Crippen LogP contribution in [0.1, 0.15) is 51.1 Å².